The molecular weight excluding hydrogens is 240 g/mol. The van der Waals surface area contributed by atoms with Gasteiger partial charge in [0.1, 0.15) is 5.75 Å². The van der Waals surface area contributed by atoms with Crippen molar-refractivity contribution in [2.75, 3.05) is 11.9 Å². The normalized spacial score (nSPS) is 22.4. The van der Waals surface area contributed by atoms with Crippen LogP contribution in [0.1, 0.15) is 38.2 Å². The van der Waals surface area contributed by atoms with Gasteiger partial charge in [0, 0.05) is 5.69 Å². The van der Waals surface area contributed by atoms with Crippen LogP contribution in [-0.4, -0.2) is 23.1 Å². The molecule has 1 aliphatic heterocycles. The third-order valence-electron chi connectivity index (χ3n) is 3.81. The number of hydrogen-bond donors (Lipinski definition) is 3. The fraction of sp³-hybridized carbons (Fsp3) is 0.533. The zero-order valence-corrected chi connectivity index (χ0v) is 11.6. The molecule has 1 atom stereocenters. The van der Waals surface area contributed by atoms with Crippen LogP contribution in [0.2, 0.25) is 0 Å². The van der Waals surface area contributed by atoms with Crippen LogP contribution in [0.15, 0.2) is 18.2 Å². The first kappa shape index (κ1) is 13.9. The van der Waals surface area contributed by atoms with Gasteiger partial charge in [-0.15, -0.1) is 0 Å². The van der Waals surface area contributed by atoms with Gasteiger partial charge in [0.05, 0.1) is 5.54 Å². The SMILES string of the molecule is CCCC1(C(=O)Nc2ccc(O)cc2C)CCCN1. The standard InChI is InChI=1S/C15H22N2O2/c1-3-7-15(8-4-9-16-15)14(19)17-13-6-5-12(18)10-11(13)2/h5-6,10,16,18H,3-4,7-9H2,1-2H3,(H,17,19). The Hall–Kier alpha value is -1.55. The van der Waals surface area contributed by atoms with Crippen molar-refractivity contribution in [3.05, 3.63) is 23.8 Å². The Labute approximate surface area is 114 Å². The summed E-state index contributed by atoms with van der Waals surface area (Å²) in [5, 5.41) is 15.7. The van der Waals surface area contributed by atoms with Crippen LogP contribution in [0, 0.1) is 6.92 Å². The van der Waals surface area contributed by atoms with Crippen LogP contribution in [0.3, 0.4) is 0 Å². The van der Waals surface area contributed by atoms with Gasteiger partial charge in [-0.05, 0) is 56.5 Å². The minimum Gasteiger partial charge on any atom is -0.508 e. The Bertz CT molecular complexity index is 465. The number of nitrogens with one attached hydrogen (secondary N) is 2. The molecule has 1 amide bonds. The van der Waals surface area contributed by atoms with E-state index in [-0.39, 0.29) is 11.7 Å². The summed E-state index contributed by atoms with van der Waals surface area (Å²) in [6.45, 7) is 4.88. The van der Waals surface area contributed by atoms with Gasteiger partial charge < -0.3 is 15.7 Å². The van der Waals surface area contributed by atoms with Crippen LogP contribution in [0.5, 0.6) is 5.75 Å². The lowest BCUT2D eigenvalue weighted by Gasteiger charge is -2.28. The van der Waals surface area contributed by atoms with Crippen molar-refractivity contribution in [2.45, 2.75) is 45.1 Å². The van der Waals surface area contributed by atoms with E-state index < -0.39 is 5.54 Å². The average molecular weight is 262 g/mol. The maximum absolute atomic E-state index is 12.5. The first-order chi connectivity index (χ1) is 9.07. The molecule has 0 aromatic heterocycles. The van der Waals surface area contributed by atoms with Crippen molar-refractivity contribution in [2.24, 2.45) is 0 Å². The fourth-order valence-electron chi connectivity index (χ4n) is 2.78. The van der Waals surface area contributed by atoms with Crippen molar-refractivity contribution >= 4 is 11.6 Å². The number of rotatable bonds is 4. The largest absolute Gasteiger partial charge is 0.508 e. The number of amides is 1. The quantitative estimate of drug-likeness (QED) is 0.731. The molecule has 19 heavy (non-hydrogen) atoms. The summed E-state index contributed by atoms with van der Waals surface area (Å²) in [7, 11) is 0. The molecule has 1 heterocycles. The van der Waals surface area contributed by atoms with Gasteiger partial charge in [-0.1, -0.05) is 13.3 Å². The number of hydrogen-bond acceptors (Lipinski definition) is 3. The summed E-state index contributed by atoms with van der Waals surface area (Å²) in [5.41, 5.74) is 1.23. The highest BCUT2D eigenvalue weighted by molar-refractivity contribution is 5.99. The van der Waals surface area contributed by atoms with Gasteiger partial charge in [0.2, 0.25) is 5.91 Å². The first-order valence-corrected chi connectivity index (χ1v) is 6.93. The molecule has 1 saturated heterocycles. The van der Waals surface area contributed by atoms with Crippen molar-refractivity contribution in [1.82, 2.24) is 5.32 Å². The topological polar surface area (TPSA) is 61.4 Å². The molecule has 4 nitrogen and oxygen atoms in total. The highest BCUT2D eigenvalue weighted by Gasteiger charge is 2.39. The number of phenolic OH excluding ortho intramolecular Hbond substituents is 1. The number of aromatic hydroxyl groups is 1. The Morgan fingerprint density at radius 1 is 1.53 bits per heavy atom. The van der Waals surface area contributed by atoms with E-state index in [1.54, 1.807) is 18.2 Å². The second-order valence-corrected chi connectivity index (χ2v) is 5.32. The minimum absolute atomic E-state index is 0.0423. The van der Waals surface area contributed by atoms with E-state index in [1.165, 1.54) is 0 Å². The van der Waals surface area contributed by atoms with Crippen LogP contribution < -0.4 is 10.6 Å². The first-order valence-electron chi connectivity index (χ1n) is 6.93. The van der Waals surface area contributed by atoms with E-state index in [2.05, 4.69) is 17.6 Å². The second kappa shape index (κ2) is 5.61. The molecule has 1 unspecified atom stereocenters. The Balaban J connectivity index is 2.15. The van der Waals surface area contributed by atoms with Gasteiger partial charge in [-0.2, -0.15) is 0 Å². The molecule has 0 bridgehead atoms. The third-order valence-corrected chi connectivity index (χ3v) is 3.81. The van der Waals surface area contributed by atoms with Gasteiger partial charge in [0.25, 0.3) is 0 Å². The molecule has 1 aliphatic rings. The van der Waals surface area contributed by atoms with Crippen LogP contribution in [0.25, 0.3) is 0 Å². The molecule has 1 aromatic carbocycles. The smallest absolute Gasteiger partial charge is 0.244 e. The van der Waals surface area contributed by atoms with E-state index in [4.69, 9.17) is 0 Å². The number of benzene rings is 1. The lowest BCUT2D eigenvalue weighted by Crippen LogP contribution is -2.50. The summed E-state index contributed by atoms with van der Waals surface area (Å²) in [5.74, 6) is 0.262. The lowest BCUT2D eigenvalue weighted by molar-refractivity contribution is -0.122. The molecule has 0 aliphatic carbocycles. The van der Waals surface area contributed by atoms with E-state index in [0.29, 0.717) is 0 Å². The zero-order chi connectivity index (χ0) is 13.9. The zero-order valence-electron chi connectivity index (χ0n) is 11.6. The Morgan fingerprint density at radius 2 is 2.32 bits per heavy atom. The molecule has 104 valence electrons. The summed E-state index contributed by atoms with van der Waals surface area (Å²) in [4.78, 5) is 12.5. The highest BCUT2D eigenvalue weighted by atomic mass is 16.3. The molecule has 2 rings (SSSR count). The van der Waals surface area contributed by atoms with Crippen molar-refractivity contribution in [3.8, 4) is 5.75 Å². The molecule has 3 N–H and O–H groups in total. The van der Waals surface area contributed by atoms with Gasteiger partial charge in [-0.25, -0.2) is 0 Å². The Morgan fingerprint density at radius 3 is 2.89 bits per heavy atom. The number of carbonyl (C=O) groups excluding carboxylic acids is 1. The van der Waals surface area contributed by atoms with Crippen molar-refractivity contribution in [1.29, 1.82) is 0 Å². The van der Waals surface area contributed by atoms with Crippen molar-refractivity contribution < 1.29 is 9.90 Å². The summed E-state index contributed by atoms with van der Waals surface area (Å²) in [6.07, 6.45) is 3.77. The minimum atomic E-state index is -0.418. The third kappa shape index (κ3) is 2.89. The van der Waals surface area contributed by atoms with Crippen LogP contribution in [-0.2, 0) is 4.79 Å². The van der Waals surface area contributed by atoms with Gasteiger partial charge >= 0.3 is 0 Å². The van der Waals surface area contributed by atoms with E-state index >= 15 is 0 Å². The molecule has 0 spiro atoms. The fourth-order valence-corrected chi connectivity index (χ4v) is 2.78. The highest BCUT2D eigenvalue weighted by Crippen LogP contribution is 2.28. The van der Waals surface area contributed by atoms with E-state index in [9.17, 15) is 9.90 Å². The molecule has 0 radical (unpaired) electrons. The van der Waals surface area contributed by atoms with E-state index in [0.717, 1.165) is 43.5 Å². The predicted molar refractivity (Wildman–Crippen MR) is 76.3 cm³/mol. The molecule has 1 fully saturated rings. The van der Waals surface area contributed by atoms with Gasteiger partial charge in [-0.3, -0.25) is 4.79 Å². The number of aryl methyl sites for hydroxylation is 1. The molecular formula is C15H22N2O2. The molecule has 1 aromatic rings. The maximum atomic E-state index is 12.5. The number of anilines is 1. The lowest BCUT2D eigenvalue weighted by atomic mass is 9.90. The number of carbonyl (C=O) groups is 1. The van der Waals surface area contributed by atoms with Crippen molar-refractivity contribution in [3.63, 3.8) is 0 Å². The second-order valence-electron chi connectivity index (χ2n) is 5.32. The number of phenols is 1. The molecule has 4 heteroatoms. The summed E-state index contributed by atoms with van der Waals surface area (Å²) >= 11 is 0. The maximum Gasteiger partial charge on any atom is 0.244 e. The van der Waals surface area contributed by atoms with E-state index in [1.807, 2.05) is 6.92 Å². The predicted octanol–water partition coefficient (Wildman–Crippen LogP) is 2.56. The average Bonchev–Trinajstić information content (AvgIpc) is 2.83. The summed E-state index contributed by atoms with van der Waals surface area (Å²) < 4.78 is 0. The summed E-state index contributed by atoms with van der Waals surface area (Å²) in [6, 6.07) is 5.00. The van der Waals surface area contributed by atoms with Gasteiger partial charge in [0.15, 0.2) is 0 Å². The Kier molecular flexibility index (Phi) is 4.10. The molecule has 0 saturated carbocycles. The van der Waals surface area contributed by atoms with Crippen LogP contribution in [0.4, 0.5) is 5.69 Å². The van der Waals surface area contributed by atoms with Crippen LogP contribution >= 0.6 is 0 Å². The monoisotopic (exact) mass is 262 g/mol.